The van der Waals surface area contributed by atoms with Crippen LogP contribution >= 0.6 is 0 Å². The molecular formula is C31H32N2. The van der Waals surface area contributed by atoms with Gasteiger partial charge >= 0.3 is 0 Å². The van der Waals surface area contributed by atoms with E-state index >= 15 is 0 Å². The van der Waals surface area contributed by atoms with E-state index in [4.69, 9.17) is 0 Å². The van der Waals surface area contributed by atoms with Crippen LogP contribution in [0.4, 0.5) is 17.1 Å². The highest BCUT2D eigenvalue weighted by molar-refractivity contribution is 5.73. The van der Waals surface area contributed by atoms with Gasteiger partial charge in [-0.2, -0.15) is 0 Å². The minimum atomic E-state index is 0.693. The van der Waals surface area contributed by atoms with E-state index in [0.717, 1.165) is 11.4 Å². The van der Waals surface area contributed by atoms with E-state index in [0.29, 0.717) is 6.04 Å². The molecule has 1 fully saturated rings. The number of para-hydroxylation sites is 1. The summed E-state index contributed by atoms with van der Waals surface area (Å²) < 4.78 is 0. The summed E-state index contributed by atoms with van der Waals surface area (Å²) in [6.07, 6.45) is 6.78. The van der Waals surface area contributed by atoms with Crippen molar-refractivity contribution in [3.05, 3.63) is 103 Å². The topological polar surface area (TPSA) is 15.3 Å². The van der Waals surface area contributed by atoms with Gasteiger partial charge in [-0.3, -0.25) is 0 Å². The van der Waals surface area contributed by atoms with Gasteiger partial charge in [-0.05, 0) is 71.5 Å². The maximum atomic E-state index is 3.44. The highest BCUT2D eigenvalue weighted by atomic mass is 15.1. The maximum absolute atomic E-state index is 3.44. The van der Waals surface area contributed by atoms with Gasteiger partial charge in [-0.1, -0.05) is 86.0 Å². The second-order valence-electron chi connectivity index (χ2n) is 9.10. The molecule has 1 N–H and O–H groups in total. The van der Waals surface area contributed by atoms with Gasteiger partial charge in [-0.15, -0.1) is 0 Å². The van der Waals surface area contributed by atoms with E-state index in [1.54, 1.807) is 0 Å². The van der Waals surface area contributed by atoms with Crippen LogP contribution in [0, 0.1) is 0 Å². The van der Waals surface area contributed by atoms with Crippen molar-refractivity contribution in [2.45, 2.75) is 38.1 Å². The summed E-state index contributed by atoms with van der Waals surface area (Å²) in [4.78, 5) is 2.47. The molecule has 5 rings (SSSR count). The Balaban J connectivity index is 1.25. The molecule has 4 aromatic carbocycles. The molecule has 0 bridgehead atoms. The summed E-state index contributed by atoms with van der Waals surface area (Å²) in [7, 11) is 2.25. The van der Waals surface area contributed by atoms with E-state index in [2.05, 4.69) is 102 Å². The van der Waals surface area contributed by atoms with Crippen molar-refractivity contribution in [3.63, 3.8) is 0 Å². The Morgan fingerprint density at radius 1 is 0.545 bits per heavy atom. The van der Waals surface area contributed by atoms with Crippen molar-refractivity contribution in [2.75, 3.05) is 17.3 Å². The monoisotopic (exact) mass is 432 g/mol. The van der Waals surface area contributed by atoms with Gasteiger partial charge in [0.05, 0.1) is 0 Å². The zero-order valence-electron chi connectivity index (χ0n) is 19.4. The summed E-state index contributed by atoms with van der Waals surface area (Å²) in [5.74, 6) is 0. The number of nitrogens with zero attached hydrogens (tertiary/aromatic N) is 1. The molecule has 2 heteroatoms. The SMILES string of the molecule is CN(c1ccc(-c2ccc(-c3ccc(Nc4ccccc4)cc3)cc2)cc1)C1CCCCC1. The molecule has 0 unspecified atom stereocenters. The molecule has 166 valence electrons. The molecule has 0 amide bonds. The average Bonchev–Trinajstić information content (AvgIpc) is 2.90. The van der Waals surface area contributed by atoms with Crippen LogP contribution < -0.4 is 10.2 Å². The minimum absolute atomic E-state index is 0.693. The number of rotatable bonds is 6. The Labute approximate surface area is 197 Å². The first-order valence-corrected chi connectivity index (χ1v) is 12.1. The summed E-state index contributed by atoms with van der Waals surface area (Å²) in [5.41, 5.74) is 8.51. The van der Waals surface area contributed by atoms with Crippen LogP contribution in [-0.4, -0.2) is 13.1 Å². The number of hydrogen-bond donors (Lipinski definition) is 1. The Bertz CT molecular complexity index is 1140. The third-order valence-electron chi connectivity index (χ3n) is 6.90. The number of anilines is 3. The molecule has 2 nitrogen and oxygen atoms in total. The maximum Gasteiger partial charge on any atom is 0.0384 e. The van der Waals surface area contributed by atoms with Gasteiger partial charge in [0, 0.05) is 30.2 Å². The molecule has 1 saturated carbocycles. The van der Waals surface area contributed by atoms with Gasteiger partial charge < -0.3 is 10.2 Å². The molecule has 1 aliphatic carbocycles. The molecule has 0 atom stereocenters. The Morgan fingerprint density at radius 3 is 1.55 bits per heavy atom. The predicted molar refractivity (Wildman–Crippen MR) is 142 cm³/mol. The van der Waals surface area contributed by atoms with Gasteiger partial charge in [0.15, 0.2) is 0 Å². The van der Waals surface area contributed by atoms with Crippen molar-refractivity contribution < 1.29 is 0 Å². The normalized spacial score (nSPS) is 14.1. The van der Waals surface area contributed by atoms with Crippen LogP contribution in [0.25, 0.3) is 22.3 Å². The summed E-state index contributed by atoms with van der Waals surface area (Å²) in [5, 5.41) is 3.44. The number of hydrogen-bond acceptors (Lipinski definition) is 2. The lowest BCUT2D eigenvalue weighted by Gasteiger charge is -2.33. The zero-order valence-corrected chi connectivity index (χ0v) is 19.4. The van der Waals surface area contributed by atoms with Crippen molar-refractivity contribution in [1.29, 1.82) is 0 Å². The van der Waals surface area contributed by atoms with Gasteiger partial charge in [0.25, 0.3) is 0 Å². The Hall–Kier alpha value is -3.52. The second kappa shape index (κ2) is 9.95. The summed E-state index contributed by atoms with van der Waals surface area (Å²) in [6.45, 7) is 0. The van der Waals surface area contributed by atoms with E-state index in [-0.39, 0.29) is 0 Å². The molecule has 0 spiro atoms. The molecule has 0 radical (unpaired) electrons. The van der Waals surface area contributed by atoms with Gasteiger partial charge in [0.1, 0.15) is 0 Å². The van der Waals surface area contributed by atoms with Crippen LogP contribution in [0.15, 0.2) is 103 Å². The van der Waals surface area contributed by atoms with Crippen LogP contribution in [-0.2, 0) is 0 Å². The quantitative estimate of drug-likeness (QED) is 0.328. The molecule has 1 aliphatic rings. The lowest BCUT2D eigenvalue weighted by molar-refractivity contribution is 0.427. The fourth-order valence-electron chi connectivity index (χ4n) is 4.86. The van der Waals surface area contributed by atoms with E-state index in [1.807, 2.05) is 18.2 Å². The number of benzene rings is 4. The first-order valence-electron chi connectivity index (χ1n) is 12.1. The predicted octanol–water partition coefficient (Wildman–Crippen LogP) is 8.53. The fourth-order valence-corrected chi connectivity index (χ4v) is 4.86. The molecule has 0 aliphatic heterocycles. The number of nitrogens with one attached hydrogen (secondary N) is 1. The van der Waals surface area contributed by atoms with Gasteiger partial charge in [-0.25, -0.2) is 0 Å². The minimum Gasteiger partial charge on any atom is -0.372 e. The van der Waals surface area contributed by atoms with E-state index < -0.39 is 0 Å². The third kappa shape index (κ3) is 5.12. The molecule has 0 saturated heterocycles. The lowest BCUT2D eigenvalue weighted by atomic mass is 9.94. The van der Waals surface area contributed by atoms with Crippen molar-refractivity contribution >= 4 is 17.1 Å². The molecular weight excluding hydrogens is 400 g/mol. The van der Waals surface area contributed by atoms with Crippen molar-refractivity contribution in [2.24, 2.45) is 0 Å². The molecule has 0 heterocycles. The Morgan fingerprint density at radius 2 is 1.00 bits per heavy atom. The summed E-state index contributed by atoms with van der Waals surface area (Å²) in [6, 6.07) is 37.5. The molecule has 0 aromatic heterocycles. The van der Waals surface area contributed by atoms with Crippen molar-refractivity contribution in [1.82, 2.24) is 0 Å². The van der Waals surface area contributed by atoms with Crippen LogP contribution in [0.3, 0.4) is 0 Å². The molecule has 4 aromatic rings. The van der Waals surface area contributed by atoms with E-state index in [1.165, 1.54) is 60.0 Å². The summed E-state index contributed by atoms with van der Waals surface area (Å²) >= 11 is 0. The lowest BCUT2D eigenvalue weighted by Crippen LogP contribution is -2.33. The zero-order chi connectivity index (χ0) is 22.5. The standard InChI is InChI=1S/C31H32N2/c1-33(30-10-6-3-7-11-30)31-22-18-27(19-23-31)25-14-12-24(13-15-25)26-16-20-29(21-17-26)32-28-8-4-2-5-9-28/h2,4-5,8-9,12-23,30,32H,3,6-7,10-11H2,1H3. The Kier molecular flexibility index (Phi) is 6.44. The first-order chi connectivity index (χ1) is 16.3. The van der Waals surface area contributed by atoms with Crippen LogP contribution in [0.1, 0.15) is 32.1 Å². The van der Waals surface area contributed by atoms with Crippen molar-refractivity contribution in [3.8, 4) is 22.3 Å². The second-order valence-corrected chi connectivity index (χ2v) is 9.10. The smallest absolute Gasteiger partial charge is 0.0384 e. The fraction of sp³-hybridized carbons (Fsp3) is 0.226. The third-order valence-corrected chi connectivity index (χ3v) is 6.90. The highest BCUT2D eigenvalue weighted by Gasteiger charge is 2.18. The first kappa shape index (κ1) is 21.3. The largest absolute Gasteiger partial charge is 0.372 e. The van der Waals surface area contributed by atoms with Crippen LogP contribution in [0.2, 0.25) is 0 Å². The van der Waals surface area contributed by atoms with Gasteiger partial charge in [0.2, 0.25) is 0 Å². The van der Waals surface area contributed by atoms with Crippen LogP contribution in [0.5, 0.6) is 0 Å². The highest BCUT2D eigenvalue weighted by Crippen LogP contribution is 2.30. The van der Waals surface area contributed by atoms with E-state index in [9.17, 15) is 0 Å². The average molecular weight is 433 g/mol. The molecule has 33 heavy (non-hydrogen) atoms.